The predicted octanol–water partition coefficient (Wildman–Crippen LogP) is 3.46. The SMILES string of the molecule is Cc1ccccc1/C=C1\SC(=S)N(CC(=O)Nc2ccc(CC(=O)O)cc2)C1=O. The number of nitrogens with one attached hydrogen (secondary N) is 1. The summed E-state index contributed by atoms with van der Waals surface area (Å²) >= 11 is 6.45. The largest absolute Gasteiger partial charge is 0.481 e. The fraction of sp³-hybridized carbons (Fsp3) is 0.143. The molecule has 6 nitrogen and oxygen atoms in total. The van der Waals surface area contributed by atoms with Crippen molar-refractivity contribution in [1.82, 2.24) is 4.90 Å². The van der Waals surface area contributed by atoms with E-state index in [2.05, 4.69) is 5.32 Å². The molecule has 0 spiro atoms. The van der Waals surface area contributed by atoms with Crippen LogP contribution in [-0.4, -0.2) is 38.7 Å². The average molecular weight is 427 g/mol. The molecule has 2 amide bonds. The number of aryl methyl sites for hydroxylation is 1. The first-order valence-electron chi connectivity index (χ1n) is 8.75. The van der Waals surface area contributed by atoms with Crippen molar-refractivity contribution in [3.05, 3.63) is 70.1 Å². The molecule has 8 heteroatoms. The number of carbonyl (C=O) groups excluding carboxylic acids is 2. The van der Waals surface area contributed by atoms with Gasteiger partial charge in [-0.1, -0.05) is 60.4 Å². The standard InChI is InChI=1S/C21H18N2O4S2/c1-13-4-2-3-5-15(13)11-17-20(27)23(21(28)29-17)12-18(24)22-16-8-6-14(7-9-16)10-19(25)26/h2-9,11H,10,12H2,1H3,(H,22,24)(H,25,26)/b17-11-. The molecule has 29 heavy (non-hydrogen) atoms. The second kappa shape index (κ2) is 9.02. The van der Waals surface area contributed by atoms with Crippen LogP contribution in [0.15, 0.2) is 53.4 Å². The van der Waals surface area contributed by atoms with Crippen molar-refractivity contribution < 1.29 is 19.5 Å². The number of nitrogens with zero attached hydrogens (tertiary/aromatic N) is 1. The quantitative estimate of drug-likeness (QED) is 0.543. The second-order valence-electron chi connectivity index (χ2n) is 6.44. The molecule has 1 saturated heterocycles. The maximum atomic E-state index is 12.7. The van der Waals surface area contributed by atoms with Gasteiger partial charge >= 0.3 is 5.97 Å². The molecule has 1 aliphatic heterocycles. The van der Waals surface area contributed by atoms with E-state index in [0.717, 1.165) is 11.1 Å². The van der Waals surface area contributed by atoms with E-state index in [4.69, 9.17) is 17.3 Å². The highest BCUT2D eigenvalue weighted by Crippen LogP contribution is 2.32. The number of benzene rings is 2. The molecule has 0 bridgehead atoms. The smallest absolute Gasteiger partial charge is 0.307 e. The molecule has 0 unspecified atom stereocenters. The Balaban J connectivity index is 1.64. The zero-order valence-corrected chi connectivity index (χ0v) is 17.2. The van der Waals surface area contributed by atoms with Crippen LogP contribution in [0.3, 0.4) is 0 Å². The lowest BCUT2D eigenvalue weighted by Crippen LogP contribution is -2.36. The number of thioether (sulfide) groups is 1. The first-order chi connectivity index (χ1) is 13.8. The lowest BCUT2D eigenvalue weighted by Gasteiger charge is -2.14. The van der Waals surface area contributed by atoms with Gasteiger partial charge in [0.25, 0.3) is 5.91 Å². The van der Waals surface area contributed by atoms with E-state index in [1.807, 2.05) is 31.2 Å². The first kappa shape index (κ1) is 20.8. The normalized spacial score (nSPS) is 15.1. The van der Waals surface area contributed by atoms with Gasteiger partial charge in [-0.25, -0.2) is 0 Å². The fourth-order valence-electron chi connectivity index (χ4n) is 2.75. The molecule has 1 aliphatic rings. The Morgan fingerprint density at radius 3 is 2.52 bits per heavy atom. The number of carbonyl (C=O) groups is 3. The van der Waals surface area contributed by atoms with Gasteiger partial charge in [-0.15, -0.1) is 0 Å². The Bertz CT molecular complexity index is 1020. The molecule has 3 rings (SSSR count). The van der Waals surface area contributed by atoms with E-state index in [9.17, 15) is 14.4 Å². The van der Waals surface area contributed by atoms with Crippen LogP contribution in [-0.2, 0) is 20.8 Å². The molecule has 2 N–H and O–H groups in total. The van der Waals surface area contributed by atoms with Crippen molar-refractivity contribution >= 4 is 57.8 Å². The number of anilines is 1. The number of amides is 2. The second-order valence-corrected chi connectivity index (χ2v) is 8.12. The van der Waals surface area contributed by atoms with Crippen molar-refractivity contribution in [2.45, 2.75) is 13.3 Å². The lowest BCUT2D eigenvalue weighted by atomic mass is 10.1. The van der Waals surface area contributed by atoms with E-state index in [0.29, 0.717) is 20.5 Å². The number of hydrogen-bond acceptors (Lipinski definition) is 5. The summed E-state index contributed by atoms with van der Waals surface area (Å²) in [4.78, 5) is 37.5. The highest BCUT2D eigenvalue weighted by Gasteiger charge is 2.33. The number of carboxylic acids is 1. The van der Waals surface area contributed by atoms with Gasteiger partial charge in [0, 0.05) is 5.69 Å². The monoisotopic (exact) mass is 426 g/mol. The highest BCUT2D eigenvalue weighted by atomic mass is 32.2. The summed E-state index contributed by atoms with van der Waals surface area (Å²) < 4.78 is 0.335. The average Bonchev–Trinajstić information content (AvgIpc) is 2.92. The van der Waals surface area contributed by atoms with E-state index in [1.165, 1.54) is 16.7 Å². The number of aliphatic carboxylic acids is 1. The summed E-state index contributed by atoms with van der Waals surface area (Å²) in [6.45, 7) is 1.77. The molecule has 0 atom stereocenters. The van der Waals surface area contributed by atoms with Crippen molar-refractivity contribution in [3.8, 4) is 0 Å². The molecule has 2 aromatic carbocycles. The van der Waals surface area contributed by atoms with Crippen LogP contribution >= 0.6 is 24.0 Å². The van der Waals surface area contributed by atoms with Gasteiger partial charge in [0.05, 0.1) is 11.3 Å². The Labute approximate surface area is 177 Å². The molecule has 0 saturated carbocycles. The summed E-state index contributed by atoms with van der Waals surface area (Å²) in [6, 6.07) is 14.2. The number of carboxylic acid groups (broad SMARTS) is 1. The molecule has 148 valence electrons. The topological polar surface area (TPSA) is 86.7 Å². The van der Waals surface area contributed by atoms with Crippen LogP contribution in [0.25, 0.3) is 6.08 Å². The van der Waals surface area contributed by atoms with Crippen LogP contribution in [0, 0.1) is 6.92 Å². The summed E-state index contributed by atoms with van der Waals surface area (Å²) in [5.74, 6) is -1.60. The molecule has 0 radical (unpaired) electrons. The number of rotatable bonds is 6. The van der Waals surface area contributed by atoms with Gasteiger partial charge in [-0.05, 0) is 41.8 Å². The van der Waals surface area contributed by atoms with Crippen molar-refractivity contribution in [3.63, 3.8) is 0 Å². The number of hydrogen-bond donors (Lipinski definition) is 2. The molecule has 2 aromatic rings. The Morgan fingerprint density at radius 2 is 1.86 bits per heavy atom. The van der Waals surface area contributed by atoms with Gasteiger partial charge in [0.2, 0.25) is 5.91 Å². The Kier molecular flexibility index (Phi) is 6.46. The minimum Gasteiger partial charge on any atom is -0.481 e. The fourth-order valence-corrected chi connectivity index (χ4v) is 4.00. The summed E-state index contributed by atoms with van der Waals surface area (Å²) in [7, 11) is 0. The summed E-state index contributed by atoms with van der Waals surface area (Å²) in [5.41, 5.74) is 3.12. The van der Waals surface area contributed by atoms with E-state index in [-0.39, 0.29) is 24.8 Å². The lowest BCUT2D eigenvalue weighted by molar-refractivity contribution is -0.136. The van der Waals surface area contributed by atoms with Gasteiger partial charge in [-0.2, -0.15) is 0 Å². The zero-order valence-electron chi connectivity index (χ0n) is 15.5. The first-order valence-corrected chi connectivity index (χ1v) is 9.97. The molecule has 0 aliphatic carbocycles. The van der Waals surface area contributed by atoms with Gasteiger partial charge in [-0.3, -0.25) is 19.3 Å². The summed E-state index contributed by atoms with van der Waals surface area (Å²) in [5, 5.41) is 11.5. The number of thiocarbonyl (C=S) groups is 1. The van der Waals surface area contributed by atoms with Crippen molar-refractivity contribution in [2.24, 2.45) is 0 Å². The zero-order chi connectivity index (χ0) is 21.0. The van der Waals surface area contributed by atoms with Gasteiger partial charge < -0.3 is 10.4 Å². The van der Waals surface area contributed by atoms with Gasteiger partial charge in [0.15, 0.2) is 0 Å². The molecular weight excluding hydrogens is 408 g/mol. The third-order valence-corrected chi connectivity index (χ3v) is 5.62. The molecule has 0 aromatic heterocycles. The Morgan fingerprint density at radius 1 is 1.17 bits per heavy atom. The highest BCUT2D eigenvalue weighted by molar-refractivity contribution is 8.26. The molecular formula is C21H18N2O4S2. The molecule has 1 heterocycles. The maximum Gasteiger partial charge on any atom is 0.307 e. The van der Waals surface area contributed by atoms with Crippen LogP contribution in [0.1, 0.15) is 16.7 Å². The van der Waals surface area contributed by atoms with Crippen LogP contribution < -0.4 is 5.32 Å². The third kappa shape index (κ3) is 5.30. The minimum atomic E-state index is -0.921. The minimum absolute atomic E-state index is 0.0853. The van der Waals surface area contributed by atoms with Crippen LogP contribution in [0.5, 0.6) is 0 Å². The van der Waals surface area contributed by atoms with E-state index >= 15 is 0 Å². The van der Waals surface area contributed by atoms with Crippen molar-refractivity contribution in [2.75, 3.05) is 11.9 Å². The van der Waals surface area contributed by atoms with E-state index < -0.39 is 5.97 Å². The molecule has 1 fully saturated rings. The predicted molar refractivity (Wildman–Crippen MR) is 117 cm³/mol. The maximum absolute atomic E-state index is 12.7. The Hall–Kier alpha value is -2.97. The van der Waals surface area contributed by atoms with Crippen LogP contribution in [0.4, 0.5) is 5.69 Å². The van der Waals surface area contributed by atoms with E-state index in [1.54, 1.807) is 30.3 Å². The van der Waals surface area contributed by atoms with Gasteiger partial charge in [0.1, 0.15) is 10.9 Å². The summed E-state index contributed by atoms with van der Waals surface area (Å²) in [6.07, 6.45) is 1.70. The third-order valence-electron chi connectivity index (χ3n) is 4.24. The van der Waals surface area contributed by atoms with Crippen LogP contribution in [0.2, 0.25) is 0 Å². The van der Waals surface area contributed by atoms with Crippen molar-refractivity contribution in [1.29, 1.82) is 0 Å².